The van der Waals surface area contributed by atoms with E-state index in [-0.39, 0.29) is 0 Å². The number of rotatable bonds is 1. The van der Waals surface area contributed by atoms with Crippen LogP contribution in [-0.4, -0.2) is 12.6 Å². The molecule has 0 fully saturated rings. The summed E-state index contributed by atoms with van der Waals surface area (Å²) in [5.41, 5.74) is 11.2. The minimum atomic E-state index is 0.306. The molecule has 0 aliphatic heterocycles. The topological polar surface area (TPSA) is 52.0 Å². The molecule has 0 amide bonds. The van der Waals surface area contributed by atoms with Crippen LogP contribution in [0.3, 0.4) is 0 Å². The Hall–Kier alpha value is -0.340. The molecular weight excluding hydrogens is 112 g/mol. The molecule has 2 nitrogen and oxygen atoms in total. The molecule has 0 bridgehead atoms. The molecule has 0 spiro atoms. The molecule has 0 aromatic heterocycles. The third kappa shape index (κ3) is 1.53. The van der Waals surface area contributed by atoms with Crippen molar-refractivity contribution in [2.75, 3.05) is 6.54 Å². The average molecular weight is 126 g/mol. The Kier molecular flexibility index (Phi) is 2.25. The van der Waals surface area contributed by atoms with Crippen LogP contribution < -0.4 is 11.5 Å². The van der Waals surface area contributed by atoms with Crippen LogP contribution in [0, 0.1) is 5.92 Å². The zero-order chi connectivity index (χ0) is 6.69. The van der Waals surface area contributed by atoms with E-state index >= 15 is 0 Å². The summed E-state index contributed by atoms with van der Waals surface area (Å²) >= 11 is 0. The molecule has 2 heteroatoms. The number of hydrogen-bond donors (Lipinski definition) is 2. The maximum atomic E-state index is 5.76. The van der Waals surface area contributed by atoms with Gasteiger partial charge in [-0.15, -0.1) is 0 Å². The molecular formula is C7H14N2. The molecule has 1 aliphatic rings. The van der Waals surface area contributed by atoms with Gasteiger partial charge >= 0.3 is 0 Å². The highest BCUT2D eigenvalue weighted by Gasteiger charge is 2.15. The number of allylic oxidation sites excluding steroid dienone is 1. The quantitative estimate of drug-likeness (QED) is 0.494. The van der Waals surface area contributed by atoms with Gasteiger partial charge in [0, 0.05) is 6.04 Å². The first-order valence-electron chi connectivity index (χ1n) is 3.45. The Morgan fingerprint density at radius 3 is 2.44 bits per heavy atom. The molecule has 0 saturated heterocycles. The van der Waals surface area contributed by atoms with Gasteiger partial charge in [0.05, 0.1) is 0 Å². The van der Waals surface area contributed by atoms with E-state index in [0.717, 1.165) is 19.4 Å². The van der Waals surface area contributed by atoms with Crippen molar-refractivity contribution in [3.63, 3.8) is 0 Å². The van der Waals surface area contributed by atoms with Crippen LogP contribution >= 0.6 is 0 Å². The molecule has 1 rings (SSSR count). The van der Waals surface area contributed by atoms with E-state index in [0.29, 0.717) is 12.0 Å². The number of hydrogen-bond acceptors (Lipinski definition) is 2. The summed E-state index contributed by atoms with van der Waals surface area (Å²) < 4.78 is 0. The van der Waals surface area contributed by atoms with E-state index in [1.165, 1.54) is 0 Å². The van der Waals surface area contributed by atoms with Gasteiger partial charge < -0.3 is 11.5 Å². The van der Waals surface area contributed by atoms with Crippen LogP contribution in [0.5, 0.6) is 0 Å². The fraction of sp³-hybridized carbons (Fsp3) is 0.714. The summed E-state index contributed by atoms with van der Waals surface area (Å²) in [6, 6.07) is 0.306. The molecule has 0 saturated carbocycles. The van der Waals surface area contributed by atoms with Gasteiger partial charge in [-0.1, -0.05) is 12.2 Å². The van der Waals surface area contributed by atoms with Crippen LogP contribution in [0.25, 0.3) is 0 Å². The van der Waals surface area contributed by atoms with Gasteiger partial charge in [-0.25, -0.2) is 0 Å². The van der Waals surface area contributed by atoms with E-state index < -0.39 is 0 Å². The van der Waals surface area contributed by atoms with Crippen LogP contribution in [0.2, 0.25) is 0 Å². The lowest BCUT2D eigenvalue weighted by Crippen LogP contribution is -2.35. The third-order valence-electron chi connectivity index (χ3n) is 1.92. The van der Waals surface area contributed by atoms with Crippen molar-refractivity contribution in [1.82, 2.24) is 0 Å². The summed E-state index contributed by atoms with van der Waals surface area (Å²) in [5.74, 6) is 0.523. The van der Waals surface area contributed by atoms with Crippen LogP contribution in [0.4, 0.5) is 0 Å². The summed E-state index contributed by atoms with van der Waals surface area (Å²) in [6.45, 7) is 0.728. The van der Waals surface area contributed by atoms with E-state index in [1.807, 2.05) is 0 Å². The molecule has 0 unspecified atom stereocenters. The Bertz CT molecular complexity index is 109. The van der Waals surface area contributed by atoms with Crippen molar-refractivity contribution >= 4 is 0 Å². The van der Waals surface area contributed by atoms with E-state index in [9.17, 15) is 0 Å². The van der Waals surface area contributed by atoms with Crippen molar-refractivity contribution in [3.8, 4) is 0 Å². The van der Waals surface area contributed by atoms with Crippen molar-refractivity contribution in [2.45, 2.75) is 18.9 Å². The van der Waals surface area contributed by atoms with E-state index in [1.54, 1.807) is 0 Å². The van der Waals surface area contributed by atoms with Crippen LogP contribution in [-0.2, 0) is 0 Å². The van der Waals surface area contributed by atoms with Gasteiger partial charge in [-0.2, -0.15) is 0 Å². The summed E-state index contributed by atoms with van der Waals surface area (Å²) in [4.78, 5) is 0. The molecule has 9 heavy (non-hydrogen) atoms. The van der Waals surface area contributed by atoms with Gasteiger partial charge in [0.25, 0.3) is 0 Å². The van der Waals surface area contributed by atoms with Crippen LogP contribution in [0.1, 0.15) is 12.8 Å². The zero-order valence-electron chi connectivity index (χ0n) is 5.59. The summed E-state index contributed by atoms with van der Waals surface area (Å²) in [5, 5.41) is 0. The highest BCUT2D eigenvalue weighted by atomic mass is 14.7. The van der Waals surface area contributed by atoms with Gasteiger partial charge in [-0.05, 0) is 25.3 Å². The Morgan fingerprint density at radius 1 is 1.33 bits per heavy atom. The lowest BCUT2D eigenvalue weighted by molar-refractivity contribution is 0.420. The predicted octanol–water partition coefficient (Wildman–Crippen LogP) is 0.239. The summed E-state index contributed by atoms with van der Waals surface area (Å²) in [6.07, 6.45) is 6.37. The maximum absolute atomic E-state index is 5.76. The highest BCUT2D eigenvalue weighted by molar-refractivity contribution is 4.96. The minimum absolute atomic E-state index is 0.306. The monoisotopic (exact) mass is 126 g/mol. The van der Waals surface area contributed by atoms with Crippen molar-refractivity contribution in [3.05, 3.63) is 12.2 Å². The molecule has 1 aliphatic carbocycles. The van der Waals surface area contributed by atoms with Crippen molar-refractivity contribution in [1.29, 1.82) is 0 Å². The minimum Gasteiger partial charge on any atom is -0.330 e. The zero-order valence-corrected chi connectivity index (χ0v) is 5.59. The second-order valence-corrected chi connectivity index (χ2v) is 2.60. The molecule has 0 heterocycles. The third-order valence-corrected chi connectivity index (χ3v) is 1.92. The largest absolute Gasteiger partial charge is 0.330 e. The van der Waals surface area contributed by atoms with Crippen molar-refractivity contribution < 1.29 is 0 Å². The second-order valence-electron chi connectivity index (χ2n) is 2.60. The Morgan fingerprint density at radius 2 is 2.00 bits per heavy atom. The van der Waals surface area contributed by atoms with E-state index in [2.05, 4.69) is 12.2 Å². The molecule has 0 aromatic carbocycles. The summed E-state index contributed by atoms with van der Waals surface area (Å²) in [7, 11) is 0. The van der Waals surface area contributed by atoms with Gasteiger partial charge in [0.15, 0.2) is 0 Å². The van der Waals surface area contributed by atoms with Gasteiger partial charge in [0.2, 0.25) is 0 Å². The van der Waals surface area contributed by atoms with Gasteiger partial charge in [0.1, 0.15) is 0 Å². The smallest absolute Gasteiger partial charge is 0.0117 e. The first-order chi connectivity index (χ1) is 4.34. The first kappa shape index (κ1) is 6.78. The average Bonchev–Trinajstić information content (AvgIpc) is 1.89. The number of nitrogens with two attached hydrogens (primary N) is 2. The highest BCUT2D eigenvalue weighted by Crippen LogP contribution is 2.15. The Balaban J connectivity index is 2.43. The predicted molar refractivity (Wildman–Crippen MR) is 38.9 cm³/mol. The maximum Gasteiger partial charge on any atom is 0.0117 e. The molecule has 4 N–H and O–H groups in total. The van der Waals surface area contributed by atoms with E-state index in [4.69, 9.17) is 11.5 Å². The molecule has 0 aromatic rings. The van der Waals surface area contributed by atoms with Crippen LogP contribution in [0.15, 0.2) is 12.2 Å². The second kappa shape index (κ2) is 2.99. The standard InChI is InChI=1S/C7H14N2/c8-5-6-3-1-2-4-7(6)9/h1-2,6-7H,3-5,8-9H2/t6-,7-/m1/s1. The van der Waals surface area contributed by atoms with Gasteiger partial charge in [-0.3, -0.25) is 0 Å². The first-order valence-corrected chi connectivity index (χ1v) is 3.45. The Labute approximate surface area is 55.9 Å². The molecule has 0 radical (unpaired) electrons. The lowest BCUT2D eigenvalue weighted by atomic mass is 9.90. The molecule has 2 atom stereocenters. The lowest BCUT2D eigenvalue weighted by Gasteiger charge is -2.22. The molecule has 52 valence electrons. The SMILES string of the molecule is NC[C@H]1CC=CC[C@H]1N. The van der Waals surface area contributed by atoms with Crippen molar-refractivity contribution in [2.24, 2.45) is 17.4 Å². The normalized spacial score (nSPS) is 34.9. The fourth-order valence-corrected chi connectivity index (χ4v) is 1.16. The fourth-order valence-electron chi connectivity index (χ4n) is 1.16.